The summed E-state index contributed by atoms with van der Waals surface area (Å²) in [6, 6.07) is 15.1. The molecule has 1 fully saturated rings. The van der Waals surface area contributed by atoms with Gasteiger partial charge in [0.05, 0.1) is 26.2 Å². The summed E-state index contributed by atoms with van der Waals surface area (Å²) in [5.41, 5.74) is 0.715. The Morgan fingerprint density at radius 2 is 1.77 bits per heavy atom. The van der Waals surface area contributed by atoms with Crippen LogP contribution in [0, 0.1) is 5.92 Å². The highest BCUT2D eigenvalue weighted by molar-refractivity contribution is 5.73. The van der Waals surface area contributed by atoms with E-state index in [9.17, 15) is 9.90 Å². The Morgan fingerprint density at radius 3 is 2.45 bits per heavy atom. The molecule has 0 amide bonds. The van der Waals surface area contributed by atoms with Gasteiger partial charge < -0.3 is 24.2 Å². The van der Waals surface area contributed by atoms with Crippen LogP contribution >= 0.6 is 0 Å². The van der Waals surface area contributed by atoms with E-state index in [4.69, 9.17) is 14.2 Å². The van der Waals surface area contributed by atoms with E-state index in [1.165, 1.54) is 0 Å². The van der Waals surface area contributed by atoms with E-state index in [-0.39, 0.29) is 24.4 Å². The lowest BCUT2D eigenvalue weighted by Gasteiger charge is -2.44. The van der Waals surface area contributed by atoms with Crippen LogP contribution in [0.4, 0.5) is 0 Å². The third kappa shape index (κ3) is 5.77. The number of methoxy groups -OCH3 is 2. The van der Waals surface area contributed by atoms with Gasteiger partial charge in [0.15, 0.2) is 0 Å². The lowest BCUT2D eigenvalue weighted by Crippen LogP contribution is -2.47. The summed E-state index contributed by atoms with van der Waals surface area (Å²) in [6.07, 6.45) is 1.73. The fourth-order valence-electron chi connectivity index (χ4n) is 4.44. The predicted molar refractivity (Wildman–Crippen MR) is 119 cm³/mol. The van der Waals surface area contributed by atoms with E-state index in [2.05, 4.69) is 4.90 Å². The van der Waals surface area contributed by atoms with Gasteiger partial charge >= 0.3 is 5.97 Å². The Labute approximate surface area is 184 Å². The number of ether oxygens (including phenoxy) is 3. The lowest BCUT2D eigenvalue weighted by atomic mass is 9.70. The third-order valence-electron chi connectivity index (χ3n) is 6.01. The molecule has 0 spiro atoms. The molecule has 6 nitrogen and oxygen atoms in total. The number of carbonyl (C=O) groups is 1. The zero-order chi connectivity index (χ0) is 22.4. The van der Waals surface area contributed by atoms with Crippen molar-refractivity contribution in [2.24, 2.45) is 5.92 Å². The number of hydrogen-bond donors (Lipinski definition) is 1. The van der Waals surface area contributed by atoms with Crippen molar-refractivity contribution in [3.05, 3.63) is 59.7 Å². The highest BCUT2D eigenvalue weighted by Crippen LogP contribution is 2.43. The molecule has 0 bridgehead atoms. The Kier molecular flexibility index (Phi) is 7.57. The summed E-state index contributed by atoms with van der Waals surface area (Å²) in [5, 5.41) is 11.7. The van der Waals surface area contributed by atoms with Crippen LogP contribution in [0.2, 0.25) is 0 Å². The molecule has 2 aromatic rings. The molecule has 31 heavy (non-hydrogen) atoms. The number of hydrogen-bond acceptors (Lipinski definition) is 6. The summed E-state index contributed by atoms with van der Waals surface area (Å²) in [5.74, 6) is 1.12. The van der Waals surface area contributed by atoms with Crippen LogP contribution in [-0.2, 0) is 21.6 Å². The first-order chi connectivity index (χ1) is 14.8. The maximum absolute atomic E-state index is 12.6. The van der Waals surface area contributed by atoms with Crippen LogP contribution in [0.25, 0.3) is 0 Å². The molecule has 0 saturated heterocycles. The highest BCUT2D eigenvalue weighted by atomic mass is 16.5. The first-order valence-electron chi connectivity index (χ1n) is 10.7. The fourth-order valence-corrected chi connectivity index (χ4v) is 4.44. The minimum absolute atomic E-state index is 0.0713. The Morgan fingerprint density at radius 1 is 1.10 bits per heavy atom. The molecule has 1 saturated carbocycles. The van der Waals surface area contributed by atoms with Gasteiger partial charge in [0.2, 0.25) is 0 Å². The molecule has 0 aromatic heterocycles. The fraction of sp³-hybridized carbons (Fsp3) is 0.480. The van der Waals surface area contributed by atoms with E-state index < -0.39 is 5.60 Å². The minimum atomic E-state index is -0.992. The maximum Gasteiger partial charge on any atom is 0.310 e. The Hall–Kier alpha value is -2.57. The zero-order valence-corrected chi connectivity index (χ0v) is 18.8. The summed E-state index contributed by atoms with van der Waals surface area (Å²) >= 11 is 0. The van der Waals surface area contributed by atoms with E-state index in [0.29, 0.717) is 25.8 Å². The zero-order valence-electron chi connectivity index (χ0n) is 18.8. The highest BCUT2D eigenvalue weighted by Gasteiger charge is 2.44. The second-order valence-electron chi connectivity index (χ2n) is 8.53. The van der Waals surface area contributed by atoms with Crippen LogP contribution in [-0.4, -0.2) is 56.9 Å². The standard InChI is InChI=1S/C25H33NO5/c1-26(2)17-20-16-23(31-24(27)14-18-7-5-9-21(13-18)29-3)11-12-25(20,28)19-8-6-10-22(15-19)30-4/h5-10,13,15,20,23,28H,11-12,14,16-17H2,1-4H3. The molecule has 0 aliphatic heterocycles. The maximum atomic E-state index is 12.6. The second kappa shape index (κ2) is 10.2. The van der Waals surface area contributed by atoms with Gasteiger partial charge in [-0.05, 0) is 68.8 Å². The minimum Gasteiger partial charge on any atom is -0.497 e. The van der Waals surface area contributed by atoms with Gasteiger partial charge in [-0.1, -0.05) is 24.3 Å². The third-order valence-corrected chi connectivity index (χ3v) is 6.01. The van der Waals surface area contributed by atoms with E-state index in [1.54, 1.807) is 14.2 Å². The molecule has 6 heteroatoms. The summed E-state index contributed by atoms with van der Waals surface area (Å²) in [6.45, 7) is 0.692. The number of benzene rings is 2. The predicted octanol–water partition coefficient (Wildman–Crippen LogP) is 3.41. The van der Waals surface area contributed by atoms with Crippen molar-refractivity contribution in [3.8, 4) is 11.5 Å². The largest absolute Gasteiger partial charge is 0.497 e. The average molecular weight is 428 g/mol. The van der Waals surface area contributed by atoms with Crippen LogP contribution in [0.1, 0.15) is 30.4 Å². The molecule has 1 aliphatic carbocycles. The molecule has 3 unspecified atom stereocenters. The number of aliphatic hydroxyl groups is 1. The molecule has 1 aliphatic rings. The molecule has 3 rings (SSSR count). The number of carbonyl (C=O) groups excluding carboxylic acids is 1. The SMILES string of the molecule is COc1cccc(CC(=O)OC2CCC(O)(c3cccc(OC)c3)C(CN(C)C)C2)c1. The quantitative estimate of drug-likeness (QED) is 0.651. The summed E-state index contributed by atoms with van der Waals surface area (Å²) in [4.78, 5) is 14.6. The van der Waals surface area contributed by atoms with Gasteiger partial charge in [-0.2, -0.15) is 0 Å². The Balaban J connectivity index is 1.70. The van der Waals surface area contributed by atoms with Crippen LogP contribution in [0.15, 0.2) is 48.5 Å². The van der Waals surface area contributed by atoms with E-state index in [1.807, 2.05) is 62.6 Å². The van der Waals surface area contributed by atoms with E-state index in [0.717, 1.165) is 22.6 Å². The topological polar surface area (TPSA) is 68.2 Å². The second-order valence-corrected chi connectivity index (χ2v) is 8.53. The van der Waals surface area contributed by atoms with Gasteiger partial charge in [-0.3, -0.25) is 4.79 Å². The molecule has 0 heterocycles. The van der Waals surface area contributed by atoms with Crippen molar-refractivity contribution in [3.63, 3.8) is 0 Å². The number of rotatable bonds is 8. The number of esters is 1. The van der Waals surface area contributed by atoms with E-state index >= 15 is 0 Å². The molecule has 0 radical (unpaired) electrons. The number of nitrogens with zero attached hydrogens (tertiary/aromatic N) is 1. The monoisotopic (exact) mass is 427 g/mol. The molecule has 3 atom stereocenters. The first-order valence-corrected chi connectivity index (χ1v) is 10.7. The summed E-state index contributed by atoms with van der Waals surface area (Å²) in [7, 11) is 7.21. The van der Waals surface area contributed by atoms with Gasteiger partial charge in [-0.25, -0.2) is 0 Å². The first kappa shape index (κ1) is 23.1. The van der Waals surface area contributed by atoms with Crippen LogP contribution < -0.4 is 9.47 Å². The normalized spacial score (nSPS) is 23.4. The van der Waals surface area contributed by atoms with Gasteiger partial charge in [0.25, 0.3) is 0 Å². The Bertz CT molecular complexity index is 884. The van der Waals surface area contributed by atoms with Gasteiger partial charge in [-0.15, -0.1) is 0 Å². The summed E-state index contributed by atoms with van der Waals surface area (Å²) < 4.78 is 16.4. The van der Waals surface area contributed by atoms with Crippen molar-refractivity contribution < 1.29 is 24.1 Å². The molecular formula is C25H33NO5. The van der Waals surface area contributed by atoms with Crippen molar-refractivity contribution in [1.29, 1.82) is 0 Å². The average Bonchev–Trinajstić information content (AvgIpc) is 2.76. The van der Waals surface area contributed by atoms with Gasteiger partial charge in [0, 0.05) is 12.5 Å². The van der Waals surface area contributed by atoms with Crippen LogP contribution in [0.5, 0.6) is 11.5 Å². The molecule has 2 aromatic carbocycles. The molecule has 168 valence electrons. The van der Waals surface area contributed by atoms with Crippen molar-refractivity contribution in [1.82, 2.24) is 4.90 Å². The van der Waals surface area contributed by atoms with Gasteiger partial charge in [0.1, 0.15) is 17.6 Å². The lowest BCUT2D eigenvalue weighted by molar-refractivity contribution is -0.158. The molecular weight excluding hydrogens is 394 g/mol. The van der Waals surface area contributed by atoms with Crippen LogP contribution in [0.3, 0.4) is 0 Å². The van der Waals surface area contributed by atoms with Crippen molar-refractivity contribution in [2.45, 2.75) is 37.4 Å². The smallest absolute Gasteiger partial charge is 0.310 e. The molecule has 1 N–H and O–H groups in total. The van der Waals surface area contributed by atoms with Crippen molar-refractivity contribution in [2.75, 3.05) is 34.9 Å². The van der Waals surface area contributed by atoms with Crippen molar-refractivity contribution >= 4 is 5.97 Å².